The van der Waals surface area contributed by atoms with Gasteiger partial charge in [-0.25, -0.2) is 4.98 Å². The third-order valence-corrected chi connectivity index (χ3v) is 7.41. The second-order valence-electron chi connectivity index (χ2n) is 8.91. The van der Waals surface area contributed by atoms with E-state index in [9.17, 15) is 18.0 Å². The van der Waals surface area contributed by atoms with Crippen molar-refractivity contribution in [2.24, 2.45) is 17.8 Å². The van der Waals surface area contributed by atoms with Gasteiger partial charge in [0.15, 0.2) is 0 Å². The monoisotopic (exact) mass is 491 g/mol. The van der Waals surface area contributed by atoms with E-state index in [1.165, 1.54) is 29.5 Å². The molecule has 1 aliphatic carbocycles. The van der Waals surface area contributed by atoms with Gasteiger partial charge in [-0.05, 0) is 42.4 Å². The lowest BCUT2D eigenvalue weighted by Gasteiger charge is -2.28. The fourth-order valence-corrected chi connectivity index (χ4v) is 5.51. The van der Waals surface area contributed by atoms with Crippen LogP contribution in [0.5, 0.6) is 5.75 Å². The lowest BCUT2D eigenvalue weighted by atomic mass is 10.1. The smallest absolute Gasteiger partial charge is 0.406 e. The van der Waals surface area contributed by atoms with Crippen LogP contribution >= 0.6 is 11.3 Å². The number of piperidine rings is 1. The van der Waals surface area contributed by atoms with E-state index < -0.39 is 6.36 Å². The molecule has 3 heterocycles. The van der Waals surface area contributed by atoms with Gasteiger partial charge < -0.3 is 9.64 Å². The first-order chi connectivity index (χ1) is 16.3. The highest BCUT2D eigenvalue weighted by molar-refractivity contribution is 7.07. The highest BCUT2D eigenvalue weighted by Gasteiger charge is 2.56. The number of ether oxygens (including phenoxy) is 1. The molecular weight excluding hydrogens is 467 g/mol. The highest BCUT2D eigenvalue weighted by Crippen LogP contribution is 2.53. The SMILES string of the molecule is CC(c1cn[nH]c1)N1CC2C(CN(Cc3cccc(OC(F)(F)F)c3)C(=O)c3cscn3)C2C1. The Morgan fingerprint density at radius 1 is 1.35 bits per heavy atom. The van der Waals surface area contributed by atoms with Gasteiger partial charge in [-0.15, -0.1) is 24.5 Å². The first-order valence-corrected chi connectivity index (χ1v) is 12.0. The van der Waals surface area contributed by atoms with Crippen LogP contribution < -0.4 is 4.74 Å². The number of amides is 1. The number of benzene rings is 1. The quantitative estimate of drug-likeness (QED) is 0.507. The number of nitrogens with zero attached hydrogens (tertiary/aromatic N) is 4. The molecule has 3 aromatic rings. The van der Waals surface area contributed by atoms with Gasteiger partial charge in [0.25, 0.3) is 5.91 Å². The Labute approximate surface area is 198 Å². The molecule has 7 nitrogen and oxygen atoms in total. The Bertz CT molecular complexity index is 1110. The van der Waals surface area contributed by atoms with E-state index in [1.807, 2.05) is 12.4 Å². The van der Waals surface area contributed by atoms with E-state index in [0.717, 1.165) is 18.7 Å². The molecule has 2 fully saturated rings. The van der Waals surface area contributed by atoms with Crippen LogP contribution in [0.4, 0.5) is 13.2 Å². The molecule has 11 heteroatoms. The third-order valence-electron chi connectivity index (χ3n) is 6.82. The summed E-state index contributed by atoms with van der Waals surface area (Å²) in [5.41, 5.74) is 3.68. The standard InChI is InChI=1S/C23H24F3N5O2S/c1-14(16-6-28-29-7-16)30-9-18-19(10-30)20(18)11-31(22(32)21-12-34-13-27-21)8-15-3-2-4-17(5-15)33-23(24,25)26/h2-7,12-14,18-20H,8-11H2,1H3,(H,28,29). The molecule has 2 aliphatic rings. The van der Waals surface area contributed by atoms with Crippen LogP contribution in [0.15, 0.2) is 47.5 Å². The number of thiazole rings is 1. The van der Waals surface area contributed by atoms with Crippen LogP contribution in [0.25, 0.3) is 0 Å². The molecule has 1 saturated heterocycles. The number of halogens is 3. The largest absolute Gasteiger partial charge is 0.573 e. The summed E-state index contributed by atoms with van der Waals surface area (Å²) >= 11 is 1.34. The van der Waals surface area contributed by atoms with Crippen LogP contribution in [0.1, 0.15) is 34.6 Å². The number of aromatic nitrogens is 3. The third kappa shape index (κ3) is 4.95. The molecule has 5 rings (SSSR count). The number of hydrogen-bond donors (Lipinski definition) is 1. The van der Waals surface area contributed by atoms with E-state index in [0.29, 0.717) is 35.6 Å². The topological polar surface area (TPSA) is 74.3 Å². The van der Waals surface area contributed by atoms with Crippen molar-refractivity contribution in [2.75, 3.05) is 19.6 Å². The van der Waals surface area contributed by atoms with Crippen molar-refractivity contribution in [3.63, 3.8) is 0 Å². The fraction of sp³-hybridized carbons (Fsp3) is 0.435. The second kappa shape index (κ2) is 9.03. The summed E-state index contributed by atoms with van der Waals surface area (Å²) in [4.78, 5) is 21.5. The molecule has 1 aromatic carbocycles. The molecule has 1 amide bonds. The summed E-state index contributed by atoms with van der Waals surface area (Å²) < 4.78 is 42.0. The number of carbonyl (C=O) groups is 1. The summed E-state index contributed by atoms with van der Waals surface area (Å²) in [6.07, 6.45) is -1.01. The summed E-state index contributed by atoms with van der Waals surface area (Å²) in [6, 6.07) is 6.06. The number of fused-ring (bicyclic) bond motifs is 1. The van der Waals surface area contributed by atoms with Crippen molar-refractivity contribution < 1.29 is 22.7 Å². The first kappa shape index (κ1) is 22.9. The maximum Gasteiger partial charge on any atom is 0.573 e. The molecule has 0 spiro atoms. The minimum atomic E-state index is -4.76. The lowest BCUT2D eigenvalue weighted by Crippen LogP contribution is -2.35. The average molecular weight is 492 g/mol. The van der Waals surface area contributed by atoms with E-state index in [2.05, 4.69) is 31.7 Å². The second-order valence-corrected chi connectivity index (χ2v) is 9.63. The molecule has 1 saturated carbocycles. The summed E-state index contributed by atoms with van der Waals surface area (Å²) in [5.74, 6) is 0.861. The van der Waals surface area contributed by atoms with Crippen molar-refractivity contribution in [1.29, 1.82) is 0 Å². The minimum Gasteiger partial charge on any atom is -0.406 e. The molecule has 180 valence electrons. The van der Waals surface area contributed by atoms with Crippen LogP contribution in [0.2, 0.25) is 0 Å². The number of H-pyrrole nitrogens is 1. The van der Waals surface area contributed by atoms with Gasteiger partial charge in [0.05, 0.1) is 11.7 Å². The molecule has 0 bridgehead atoms. The van der Waals surface area contributed by atoms with Crippen LogP contribution in [0, 0.1) is 17.8 Å². The van der Waals surface area contributed by atoms with E-state index in [1.54, 1.807) is 21.9 Å². The van der Waals surface area contributed by atoms with Crippen LogP contribution in [-0.4, -0.2) is 56.9 Å². The summed E-state index contributed by atoms with van der Waals surface area (Å²) in [5, 5.41) is 8.59. The van der Waals surface area contributed by atoms with Crippen LogP contribution in [0.3, 0.4) is 0 Å². The predicted octanol–water partition coefficient (Wildman–Crippen LogP) is 4.35. The van der Waals surface area contributed by atoms with Gasteiger partial charge in [0, 0.05) is 49.4 Å². The average Bonchev–Trinajstić information content (AvgIpc) is 3.37. The Kier molecular flexibility index (Phi) is 6.07. The lowest BCUT2D eigenvalue weighted by molar-refractivity contribution is -0.274. The zero-order valence-electron chi connectivity index (χ0n) is 18.4. The Morgan fingerprint density at radius 3 is 2.79 bits per heavy atom. The summed E-state index contributed by atoms with van der Waals surface area (Å²) in [7, 11) is 0. The van der Waals surface area contributed by atoms with E-state index in [4.69, 9.17) is 0 Å². The van der Waals surface area contributed by atoms with Gasteiger partial charge in [0.2, 0.25) is 0 Å². The first-order valence-electron chi connectivity index (χ1n) is 11.0. The van der Waals surface area contributed by atoms with E-state index >= 15 is 0 Å². The number of likely N-dealkylation sites (tertiary alicyclic amines) is 1. The zero-order chi connectivity index (χ0) is 23.9. The molecule has 1 aliphatic heterocycles. The number of nitrogens with one attached hydrogen (secondary N) is 1. The Morgan fingerprint density at radius 2 is 2.15 bits per heavy atom. The molecule has 3 unspecified atom stereocenters. The van der Waals surface area contributed by atoms with Gasteiger partial charge in [-0.3, -0.25) is 14.8 Å². The minimum absolute atomic E-state index is 0.191. The molecule has 3 atom stereocenters. The van der Waals surface area contributed by atoms with E-state index in [-0.39, 0.29) is 24.2 Å². The molecule has 0 radical (unpaired) electrons. The molecule has 1 N–H and O–H groups in total. The maximum absolute atomic E-state index is 13.2. The predicted molar refractivity (Wildman–Crippen MR) is 119 cm³/mol. The van der Waals surface area contributed by atoms with Gasteiger partial charge in [0.1, 0.15) is 11.4 Å². The molecule has 34 heavy (non-hydrogen) atoms. The van der Waals surface area contributed by atoms with Crippen molar-refractivity contribution in [1.82, 2.24) is 25.0 Å². The number of hydrogen-bond acceptors (Lipinski definition) is 6. The Hall–Kier alpha value is -2.92. The number of alkyl halides is 3. The van der Waals surface area contributed by atoms with Crippen molar-refractivity contribution in [3.8, 4) is 5.75 Å². The highest BCUT2D eigenvalue weighted by atomic mass is 32.1. The normalized spacial score (nSPS) is 22.9. The van der Waals surface area contributed by atoms with Crippen molar-refractivity contribution >= 4 is 17.2 Å². The van der Waals surface area contributed by atoms with Crippen molar-refractivity contribution in [3.05, 3.63) is 64.4 Å². The van der Waals surface area contributed by atoms with Gasteiger partial charge in [-0.1, -0.05) is 12.1 Å². The molecule has 2 aromatic heterocycles. The number of carbonyl (C=O) groups excluding carboxylic acids is 1. The van der Waals surface area contributed by atoms with Gasteiger partial charge in [-0.2, -0.15) is 5.10 Å². The van der Waals surface area contributed by atoms with Gasteiger partial charge >= 0.3 is 6.36 Å². The fourth-order valence-electron chi connectivity index (χ4n) is 4.98. The Balaban J connectivity index is 1.26. The number of aromatic amines is 1. The van der Waals surface area contributed by atoms with Crippen molar-refractivity contribution in [2.45, 2.75) is 25.9 Å². The number of rotatable bonds is 8. The van der Waals surface area contributed by atoms with Crippen LogP contribution in [-0.2, 0) is 6.54 Å². The molecular formula is C23H24F3N5O2S. The maximum atomic E-state index is 13.2. The summed E-state index contributed by atoms with van der Waals surface area (Å²) in [6.45, 7) is 4.81. The zero-order valence-corrected chi connectivity index (χ0v) is 19.2.